The Morgan fingerprint density at radius 1 is 1.47 bits per heavy atom. The predicted octanol–water partition coefficient (Wildman–Crippen LogP) is 1.32. The van der Waals surface area contributed by atoms with Gasteiger partial charge in [-0.05, 0) is 18.6 Å². The summed E-state index contributed by atoms with van der Waals surface area (Å²) in [5.74, 6) is 5.53. The number of thiazole rings is 1. The minimum absolute atomic E-state index is 0.174. The first kappa shape index (κ1) is 13.4. The van der Waals surface area contributed by atoms with Crippen LogP contribution in [-0.4, -0.2) is 15.9 Å². The van der Waals surface area contributed by atoms with Gasteiger partial charge in [0.1, 0.15) is 10.8 Å². The van der Waals surface area contributed by atoms with E-state index in [0.717, 1.165) is 11.4 Å². The number of pyridine rings is 1. The van der Waals surface area contributed by atoms with Crippen LogP contribution in [0.4, 0.5) is 5.82 Å². The van der Waals surface area contributed by atoms with E-state index < -0.39 is 0 Å². The molecular formula is C12H15N5OS. The van der Waals surface area contributed by atoms with E-state index in [9.17, 15) is 4.79 Å². The van der Waals surface area contributed by atoms with Gasteiger partial charge >= 0.3 is 0 Å². The molecule has 0 aliphatic heterocycles. The van der Waals surface area contributed by atoms with Gasteiger partial charge in [-0.3, -0.25) is 4.79 Å². The van der Waals surface area contributed by atoms with Crippen LogP contribution in [0.25, 0.3) is 0 Å². The predicted molar refractivity (Wildman–Crippen MR) is 74.7 cm³/mol. The quantitative estimate of drug-likeness (QED) is 0.566. The van der Waals surface area contributed by atoms with E-state index in [0.29, 0.717) is 17.9 Å². The van der Waals surface area contributed by atoms with Crippen molar-refractivity contribution in [3.05, 3.63) is 40.0 Å². The molecule has 7 heteroatoms. The van der Waals surface area contributed by atoms with Crippen molar-refractivity contribution in [2.45, 2.75) is 19.9 Å². The molecule has 2 aromatic rings. The fourth-order valence-electron chi connectivity index (χ4n) is 1.50. The average Bonchev–Trinajstić information content (AvgIpc) is 2.93. The summed E-state index contributed by atoms with van der Waals surface area (Å²) >= 11 is 1.61. The normalized spacial score (nSPS) is 10.2. The molecule has 2 aromatic heterocycles. The molecule has 0 aromatic carbocycles. The number of aromatic nitrogens is 2. The number of hydrogen-bond donors (Lipinski definition) is 3. The molecule has 6 nitrogen and oxygen atoms in total. The van der Waals surface area contributed by atoms with E-state index in [1.54, 1.807) is 23.5 Å². The molecule has 0 saturated carbocycles. The standard InChI is InChI=1S/C12H15N5OS/c1-2-9-6-15-11(19-9)7-16-12(18)8-3-4-14-10(5-8)17-13/h3-6H,2,7,13H2,1H3,(H,14,17)(H,16,18). The van der Waals surface area contributed by atoms with Crippen molar-refractivity contribution in [1.82, 2.24) is 15.3 Å². The second-order valence-electron chi connectivity index (χ2n) is 3.83. The van der Waals surface area contributed by atoms with E-state index in [4.69, 9.17) is 5.84 Å². The highest BCUT2D eigenvalue weighted by molar-refractivity contribution is 7.11. The van der Waals surface area contributed by atoms with E-state index >= 15 is 0 Å². The molecule has 4 N–H and O–H groups in total. The van der Waals surface area contributed by atoms with Gasteiger partial charge in [0.25, 0.3) is 5.91 Å². The van der Waals surface area contributed by atoms with Crippen LogP contribution in [0.3, 0.4) is 0 Å². The first-order valence-electron chi connectivity index (χ1n) is 5.87. The fourth-order valence-corrected chi connectivity index (χ4v) is 2.30. The maximum Gasteiger partial charge on any atom is 0.251 e. The Labute approximate surface area is 115 Å². The highest BCUT2D eigenvalue weighted by Crippen LogP contribution is 2.13. The highest BCUT2D eigenvalue weighted by atomic mass is 32.1. The number of nitrogens with zero attached hydrogens (tertiary/aromatic N) is 2. The number of anilines is 1. The van der Waals surface area contributed by atoms with Gasteiger partial charge in [-0.2, -0.15) is 0 Å². The molecule has 0 aliphatic carbocycles. The van der Waals surface area contributed by atoms with Crippen LogP contribution in [0, 0.1) is 0 Å². The number of nitrogen functional groups attached to an aromatic ring is 1. The minimum atomic E-state index is -0.174. The van der Waals surface area contributed by atoms with Crippen molar-refractivity contribution in [2.24, 2.45) is 5.84 Å². The van der Waals surface area contributed by atoms with Gasteiger partial charge in [0, 0.05) is 22.8 Å². The van der Waals surface area contributed by atoms with Crippen molar-refractivity contribution >= 4 is 23.1 Å². The third-order valence-corrected chi connectivity index (χ3v) is 3.66. The number of hydrogen-bond acceptors (Lipinski definition) is 6. The van der Waals surface area contributed by atoms with Gasteiger partial charge in [-0.25, -0.2) is 15.8 Å². The van der Waals surface area contributed by atoms with Gasteiger partial charge in [0.05, 0.1) is 6.54 Å². The zero-order chi connectivity index (χ0) is 13.7. The number of carbonyl (C=O) groups excluding carboxylic acids is 1. The average molecular weight is 277 g/mol. The van der Waals surface area contributed by atoms with Gasteiger partial charge in [-0.1, -0.05) is 6.92 Å². The molecule has 0 unspecified atom stereocenters. The maximum absolute atomic E-state index is 11.9. The van der Waals surface area contributed by atoms with E-state index in [1.165, 1.54) is 11.1 Å². The first-order valence-corrected chi connectivity index (χ1v) is 6.69. The number of hydrazine groups is 1. The van der Waals surface area contributed by atoms with Crippen LogP contribution in [0.5, 0.6) is 0 Å². The van der Waals surface area contributed by atoms with E-state index in [1.807, 2.05) is 6.20 Å². The lowest BCUT2D eigenvalue weighted by atomic mass is 10.2. The van der Waals surface area contributed by atoms with Crippen molar-refractivity contribution in [2.75, 3.05) is 5.43 Å². The van der Waals surface area contributed by atoms with E-state index in [2.05, 4.69) is 27.6 Å². The van der Waals surface area contributed by atoms with Crippen molar-refractivity contribution < 1.29 is 4.79 Å². The molecule has 0 aliphatic rings. The van der Waals surface area contributed by atoms with Crippen LogP contribution in [0.15, 0.2) is 24.5 Å². The zero-order valence-corrected chi connectivity index (χ0v) is 11.3. The molecule has 0 saturated heterocycles. The van der Waals surface area contributed by atoms with Crippen molar-refractivity contribution in [3.63, 3.8) is 0 Å². The Morgan fingerprint density at radius 3 is 3.00 bits per heavy atom. The molecular weight excluding hydrogens is 262 g/mol. The van der Waals surface area contributed by atoms with E-state index in [-0.39, 0.29) is 5.91 Å². The molecule has 2 rings (SSSR count). The van der Waals surface area contributed by atoms with Gasteiger partial charge in [-0.15, -0.1) is 11.3 Å². The fraction of sp³-hybridized carbons (Fsp3) is 0.250. The Balaban J connectivity index is 1.96. The summed E-state index contributed by atoms with van der Waals surface area (Å²) in [5.41, 5.74) is 2.92. The van der Waals surface area contributed by atoms with Gasteiger partial charge in [0.15, 0.2) is 0 Å². The molecule has 0 radical (unpaired) electrons. The van der Waals surface area contributed by atoms with Crippen molar-refractivity contribution in [1.29, 1.82) is 0 Å². The largest absolute Gasteiger partial charge is 0.346 e. The molecule has 0 bridgehead atoms. The highest BCUT2D eigenvalue weighted by Gasteiger charge is 2.08. The topological polar surface area (TPSA) is 92.9 Å². The zero-order valence-electron chi connectivity index (χ0n) is 10.5. The number of aryl methyl sites for hydroxylation is 1. The molecule has 100 valence electrons. The van der Waals surface area contributed by atoms with Crippen LogP contribution < -0.4 is 16.6 Å². The Hall–Kier alpha value is -1.99. The Kier molecular flexibility index (Phi) is 4.43. The summed E-state index contributed by atoms with van der Waals surface area (Å²) in [7, 11) is 0. The van der Waals surface area contributed by atoms with Crippen LogP contribution in [0.1, 0.15) is 27.2 Å². The first-order chi connectivity index (χ1) is 9.22. The molecule has 19 heavy (non-hydrogen) atoms. The lowest BCUT2D eigenvalue weighted by molar-refractivity contribution is 0.0951. The third kappa shape index (κ3) is 3.49. The second-order valence-corrected chi connectivity index (χ2v) is 5.03. The molecule has 0 spiro atoms. The Morgan fingerprint density at radius 2 is 2.32 bits per heavy atom. The van der Waals surface area contributed by atoms with Crippen molar-refractivity contribution in [3.8, 4) is 0 Å². The minimum Gasteiger partial charge on any atom is -0.346 e. The second kappa shape index (κ2) is 6.26. The van der Waals surface area contributed by atoms with Gasteiger partial charge in [0.2, 0.25) is 0 Å². The number of amides is 1. The lowest BCUT2D eigenvalue weighted by Gasteiger charge is -2.04. The summed E-state index contributed by atoms with van der Waals surface area (Å²) in [6.07, 6.45) is 4.33. The van der Waals surface area contributed by atoms with Gasteiger partial charge < -0.3 is 10.7 Å². The maximum atomic E-state index is 11.9. The van der Waals surface area contributed by atoms with Crippen LogP contribution in [0.2, 0.25) is 0 Å². The molecule has 0 atom stereocenters. The monoisotopic (exact) mass is 277 g/mol. The van der Waals surface area contributed by atoms with Crippen LogP contribution >= 0.6 is 11.3 Å². The number of nitrogens with one attached hydrogen (secondary N) is 2. The van der Waals surface area contributed by atoms with Crippen LogP contribution in [-0.2, 0) is 13.0 Å². The molecule has 0 fully saturated rings. The third-order valence-electron chi connectivity index (χ3n) is 2.52. The Bertz CT molecular complexity index is 569. The summed E-state index contributed by atoms with van der Waals surface area (Å²) in [6, 6.07) is 3.23. The molecule has 1 amide bonds. The smallest absolute Gasteiger partial charge is 0.251 e. The number of nitrogens with two attached hydrogens (primary N) is 1. The SMILES string of the molecule is CCc1cnc(CNC(=O)c2ccnc(NN)c2)s1. The number of carbonyl (C=O) groups is 1. The lowest BCUT2D eigenvalue weighted by Crippen LogP contribution is -2.23. The summed E-state index contributed by atoms with van der Waals surface area (Å²) in [4.78, 5) is 21.3. The summed E-state index contributed by atoms with van der Waals surface area (Å²) < 4.78 is 0. The molecule has 2 heterocycles. The summed E-state index contributed by atoms with van der Waals surface area (Å²) in [6.45, 7) is 2.51. The number of rotatable bonds is 5. The summed E-state index contributed by atoms with van der Waals surface area (Å²) in [5, 5.41) is 3.72.